The zero-order valence-corrected chi connectivity index (χ0v) is 14.7. The lowest BCUT2D eigenvalue weighted by Gasteiger charge is -2.08. The molecule has 8 nitrogen and oxygen atoms in total. The Balaban J connectivity index is 1.96. The third-order valence-electron chi connectivity index (χ3n) is 3.24. The van der Waals surface area contributed by atoms with E-state index in [9.17, 15) is 13.2 Å². The number of fused-ring (bicyclic) bond motifs is 1. The maximum Gasteiger partial charge on any atom is 0.337 e. The zero-order chi connectivity index (χ0) is 17.5. The number of sulfonamides is 1. The van der Waals surface area contributed by atoms with Gasteiger partial charge in [0.25, 0.3) is 10.0 Å². The lowest BCUT2D eigenvalue weighted by atomic mass is 10.2. The molecule has 10 heteroatoms. The molecule has 0 saturated carbocycles. The van der Waals surface area contributed by atoms with E-state index < -0.39 is 16.0 Å². The molecule has 0 saturated heterocycles. The normalized spacial score (nSPS) is 11.6. The molecule has 0 aliphatic carbocycles. The van der Waals surface area contributed by atoms with Crippen molar-refractivity contribution < 1.29 is 17.9 Å². The van der Waals surface area contributed by atoms with Crippen molar-refractivity contribution in [1.29, 1.82) is 0 Å². The number of benzene rings is 1. The molecule has 1 aromatic carbocycles. The third kappa shape index (κ3) is 2.85. The molecular formula is C14H14N4O4S2. The van der Waals surface area contributed by atoms with E-state index in [0.717, 1.165) is 5.01 Å². The highest BCUT2D eigenvalue weighted by atomic mass is 32.2. The fourth-order valence-electron chi connectivity index (χ4n) is 2.23. The largest absolute Gasteiger partial charge is 0.465 e. The van der Waals surface area contributed by atoms with Crippen molar-refractivity contribution >= 4 is 38.0 Å². The minimum atomic E-state index is -3.87. The molecule has 3 aromatic rings. The number of esters is 1. The van der Waals surface area contributed by atoms with Crippen LogP contribution in [0.15, 0.2) is 29.3 Å². The second-order valence-corrected chi connectivity index (χ2v) is 7.75. The highest BCUT2D eigenvalue weighted by Crippen LogP contribution is 2.24. The van der Waals surface area contributed by atoms with Gasteiger partial charge in [0.05, 0.1) is 18.4 Å². The first-order valence-corrected chi connectivity index (χ1v) is 9.16. The monoisotopic (exact) mass is 366 g/mol. The highest BCUT2D eigenvalue weighted by molar-refractivity contribution is 7.92. The van der Waals surface area contributed by atoms with Crippen LogP contribution in [0.5, 0.6) is 0 Å². The van der Waals surface area contributed by atoms with Gasteiger partial charge in [-0.05, 0) is 38.1 Å². The molecule has 0 spiro atoms. The van der Waals surface area contributed by atoms with Gasteiger partial charge in [-0.15, -0.1) is 0 Å². The first kappa shape index (κ1) is 16.4. The highest BCUT2D eigenvalue weighted by Gasteiger charge is 2.25. The van der Waals surface area contributed by atoms with E-state index in [1.807, 2.05) is 0 Å². The number of nitrogens with one attached hydrogen (secondary N) is 1. The number of methoxy groups -OCH3 is 1. The summed E-state index contributed by atoms with van der Waals surface area (Å²) in [7, 11) is -2.59. The van der Waals surface area contributed by atoms with Gasteiger partial charge in [0, 0.05) is 5.69 Å². The summed E-state index contributed by atoms with van der Waals surface area (Å²) in [5.74, 6) is -0.490. The van der Waals surface area contributed by atoms with Gasteiger partial charge in [0.15, 0.2) is 0 Å². The topological polar surface area (TPSA) is 103 Å². The number of rotatable bonds is 4. The van der Waals surface area contributed by atoms with Crippen LogP contribution in [0.2, 0.25) is 0 Å². The number of aromatic nitrogens is 3. The maximum atomic E-state index is 12.7. The van der Waals surface area contributed by atoms with Crippen LogP contribution in [-0.2, 0) is 14.8 Å². The lowest BCUT2D eigenvalue weighted by molar-refractivity contribution is 0.0601. The van der Waals surface area contributed by atoms with Crippen LogP contribution in [0.25, 0.3) is 4.96 Å². The van der Waals surface area contributed by atoms with Gasteiger partial charge >= 0.3 is 5.97 Å². The van der Waals surface area contributed by atoms with E-state index in [0.29, 0.717) is 21.9 Å². The van der Waals surface area contributed by atoms with Crippen molar-refractivity contribution in [2.75, 3.05) is 11.8 Å². The molecule has 0 radical (unpaired) electrons. The van der Waals surface area contributed by atoms with Gasteiger partial charge in [-0.3, -0.25) is 4.72 Å². The molecule has 0 bridgehead atoms. The molecule has 0 fully saturated rings. The van der Waals surface area contributed by atoms with E-state index in [1.54, 1.807) is 13.8 Å². The Morgan fingerprint density at radius 2 is 1.92 bits per heavy atom. The predicted molar refractivity (Wildman–Crippen MR) is 88.9 cm³/mol. The second kappa shape index (κ2) is 5.87. The molecule has 2 heterocycles. The molecular weight excluding hydrogens is 352 g/mol. The molecule has 24 heavy (non-hydrogen) atoms. The van der Waals surface area contributed by atoms with Crippen LogP contribution in [0.3, 0.4) is 0 Å². The fourth-order valence-corrected chi connectivity index (χ4v) is 4.41. The number of ether oxygens (including phenoxy) is 1. The number of anilines is 1. The number of hydrogen-bond donors (Lipinski definition) is 1. The first-order chi connectivity index (χ1) is 11.3. The molecule has 1 N–H and O–H groups in total. The minimum absolute atomic E-state index is 0.00102. The van der Waals surface area contributed by atoms with Gasteiger partial charge in [-0.1, -0.05) is 11.3 Å². The van der Waals surface area contributed by atoms with Gasteiger partial charge in [0.2, 0.25) is 9.99 Å². The van der Waals surface area contributed by atoms with Crippen molar-refractivity contribution in [3.05, 3.63) is 40.5 Å². The van der Waals surface area contributed by atoms with Gasteiger partial charge in [-0.25, -0.2) is 9.78 Å². The number of carbonyl (C=O) groups is 1. The first-order valence-electron chi connectivity index (χ1n) is 6.86. The zero-order valence-electron chi connectivity index (χ0n) is 13.1. The summed E-state index contributed by atoms with van der Waals surface area (Å²) in [6.45, 7) is 3.40. The van der Waals surface area contributed by atoms with Gasteiger partial charge < -0.3 is 4.74 Å². The van der Waals surface area contributed by atoms with Crippen LogP contribution >= 0.6 is 11.3 Å². The Labute approximate surface area is 142 Å². The summed E-state index contributed by atoms with van der Waals surface area (Å²) in [6.07, 6.45) is 0. The Bertz CT molecular complexity index is 1020. The smallest absolute Gasteiger partial charge is 0.337 e. The SMILES string of the molecule is COC(=O)c1ccc(NS(=O)(=O)c2c(C)nc3sc(C)nn23)cc1. The van der Waals surface area contributed by atoms with Crippen molar-refractivity contribution in [1.82, 2.24) is 14.6 Å². The molecule has 0 aliphatic rings. The summed E-state index contributed by atoms with van der Waals surface area (Å²) in [5.41, 5.74) is 1.02. The standard InChI is InChI=1S/C14H14N4O4S2/c1-8-12(18-14(15-8)23-9(2)16-18)24(20,21)17-11-6-4-10(5-7-11)13(19)22-3/h4-7,17H,1-3H3. The quantitative estimate of drug-likeness (QED) is 0.709. The molecule has 0 aliphatic heterocycles. The van der Waals surface area contributed by atoms with Crippen LogP contribution in [0, 0.1) is 13.8 Å². The van der Waals surface area contributed by atoms with Gasteiger partial charge in [-0.2, -0.15) is 18.0 Å². The number of hydrogen-bond acceptors (Lipinski definition) is 7. The predicted octanol–water partition coefficient (Wildman–Crippen LogP) is 2.00. The molecule has 0 atom stereocenters. The van der Waals surface area contributed by atoms with Gasteiger partial charge in [0.1, 0.15) is 5.01 Å². The van der Waals surface area contributed by atoms with Crippen molar-refractivity contribution in [2.24, 2.45) is 0 Å². The Kier molecular flexibility index (Phi) is 4.01. The number of imidazole rings is 1. The second-order valence-electron chi connectivity index (χ2n) is 4.99. The summed E-state index contributed by atoms with van der Waals surface area (Å²) in [4.78, 5) is 16.2. The summed E-state index contributed by atoms with van der Waals surface area (Å²) in [5, 5.41) is 4.90. The minimum Gasteiger partial charge on any atom is -0.465 e. The molecule has 0 amide bonds. The van der Waals surface area contributed by atoms with E-state index in [1.165, 1.54) is 47.2 Å². The molecule has 3 rings (SSSR count). The Morgan fingerprint density at radius 1 is 1.25 bits per heavy atom. The van der Waals surface area contributed by atoms with E-state index in [2.05, 4.69) is 19.5 Å². The Hall–Kier alpha value is -2.46. The Morgan fingerprint density at radius 3 is 2.54 bits per heavy atom. The average Bonchev–Trinajstić information content (AvgIpc) is 3.00. The third-order valence-corrected chi connectivity index (χ3v) is 5.54. The van der Waals surface area contributed by atoms with E-state index in [4.69, 9.17) is 0 Å². The van der Waals surface area contributed by atoms with E-state index >= 15 is 0 Å². The number of nitrogens with zero attached hydrogens (tertiary/aromatic N) is 3. The summed E-state index contributed by atoms with van der Waals surface area (Å²) >= 11 is 1.31. The molecule has 2 aromatic heterocycles. The van der Waals surface area contributed by atoms with E-state index in [-0.39, 0.29) is 5.03 Å². The van der Waals surface area contributed by atoms with Crippen LogP contribution in [0.4, 0.5) is 5.69 Å². The summed E-state index contributed by atoms with van der Waals surface area (Å²) < 4.78 is 33.8. The maximum absolute atomic E-state index is 12.7. The van der Waals surface area contributed by atoms with Crippen LogP contribution in [0.1, 0.15) is 21.1 Å². The average molecular weight is 366 g/mol. The molecule has 126 valence electrons. The number of aryl methyl sites for hydroxylation is 2. The molecule has 0 unspecified atom stereocenters. The van der Waals surface area contributed by atoms with Crippen LogP contribution in [-0.4, -0.2) is 36.1 Å². The van der Waals surface area contributed by atoms with Crippen molar-refractivity contribution in [3.63, 3.8) is 0 Å². The lowest BCUT2D eigenvalue weighted by Crippen LogP contribution is -2.16. The van der Waals surface area contributed by atoms with Crippen LogP contribution < -0.4 is 4.72 Å². The van der Waals surface area contributed by atoms with Crippen molar-refractivity contribution in [3.8, 4) is 0 Å². The number of carbonyl (C=O) groups excluding carboxylic acids is 1. The van der Waals surface area contributed by atoms with Crippen molar-refractivity contribution in [2.45, 2.75) is 18.9 Å². The summed E-state index contributed by atoms with van der Waals surface area (Å²) in [6, 6.07) is 5.94. The fraction of sp³-hybridized carbons (Fsp3) is 0.214.